The number of hydrogen-bond donors (Lipinski definition) is 0. The van der Waals surface area contributed by atoms with E-state index in [1.165, 1.54) is 19.3 Å². The zero-order chi connectivity index (χ0) is 18.4. The first-order valence-corrected chi connectivity index (χ1v) is 10.7. The Morgan fingerprint density at radius 2 is 1.96 bits per heavy atom. The number of likely N-dealkylation sites (tertiary alicyclic amines) is 2. The molecule has 0 N–H and O–H groups in total. The average Bonchev–Trinajstić information content (AvgIpc) is 3.26. The van der Waals surface area contributed by atoms with Crippen LogP contribution in [0.2, 0.25) is 0 Å². The first kappa shape index (κ1) is 17.3. The molecule has 2 aliphatic carbocycles. The zero-order valence-electron chi connectivity index (χ0n) is 16.0. The highest BCUT2D eigenvalue weighted by molar-refractivity contribution is 5.94. The van der Waals surface area contributed by atoms with Crippen molar-refractivity contribution in [3.63, 3.8) is 0 Å². The number of hydrogen-bond acceptors (Lipinski definition) is 4. The maximum Gasteiger partial charge on any atom is 0.292 e. The van der Waals surface area contributed by atoms with E-state index in [1.807, 2.05) is 4.90 Å². The van der Waals surface area contributed by atoms with Crippen molar-refractivity contribution in [2.45, 2.75) is 64.2 Å². The molecular weight excluding hydrogens is 342 g/mol. The van der Waals surface area contributed by atoms with Gasteiger partial charge < -0.3 is 14.3 Å². The molecule has 1 spiro atoms. The van der Waals surface area contributed by atoms with Crippen LogP contribution in [-0.4, -0.2) is 52.9 Å². The summed E-state index contributed by atoms with van der Waals surface area (Å²) < 4.78 is 5.45. The van der Waals surface area contributed by atoms with Crippen LogP contribution in [0.3, 0.4) is 0 Å². The van der Waals surface area contributed by atoms with E-state index >= 15 is 0 Å². The summed E-state index contributed by atoms with van der Waals surface area (Å²) in [5, 5.41) is 4.13. The lowest BCUT2D eigenvalue weighted by molar-refractivity contribution is -0.146. The van der Waals surface area contributed by atoms with Gasteiger partial charge in [-0.1, -0.05) is 11.6 Å². The Balaban J connectivity index is 1.30. The van der Waals surface area contributed by atoms with Gasteiger partial charge >= 0.3 is 0 Å². The van der Waals surface area contributed by atoms with Crippen LogP contribution in [0.5, 0.6) is 0 Å². The molecule has 146 valence electrons. The largest absolute Gasteiger partial charge is 0.350 e. The smallest absolute Gasteiger partial charge is 0.292 e. The van der Waals surface area contributed by atoms with Crippen LogP contribution >= 0.6 is 0 Å². The molecule has 1 saturated carbocycles. The van der Waals surface area contributed by atoms with Gasteiger partial charge in [0.2, 0.25) is 11.7 Å². The second kappa shape index (κ2) is 6.64. The van der Waals surface area contributed by atoms with Gasteiger partial charge in [-0.05, 0) is 63.7 Å². The van der Waals surface area contributed by atoms with Gasteiger partial charge in [0.15, 0.2) is 0 Å². The Morgan fingerprint density at radius 1 is 1.11 bits per heavy atom. The fourth-order valence-electron chi connectivity index (χ4n) is 5.44. The van der Waals surface area contributed by atoms with E-state index in [1.54, 1.807) is 0 Å². The number of amides is 2. The molecule has 0 unspecified atom stereocenters. The summed E-state index contributed by atoms with van der Waals surface area (Å²) in [5.41, 5.74) is 1.60. The van der Waals surface area contributed by atoms with Crippen molar-refractivity contribution in [1.29, 1.82) is 0 Å². The number of aromatic nitrogens is 1. The minimum Gasteiger partial charge on any atom is -0.350 e. The van der Waals surface area contributed by atoms with Crippen molar-refractivity contribution in [2.75, 3.05) is 26.2 Å². The fraction of sp³-hybridized carbons (Fsp3) is 0.762. The molecule has 2 saturated heterocycles. The maximum atomic E-state index is 13.3. The number of rotatable bonds is 3. The molecule has 0 aromatic carbocycles. The van der Waals surface area contributed by atoms with Crippen LogP contribution in [0.15, 0.2) is 4.52 Å². The minimum atomic E-state index is -0.363. The molecule has 2 aliphatic heterocycles. The van der Waals surface area contributed by atoms with Gasteiger partial charge in [0.1, 0.15) is 0 Å². The topological polar surface area (TPSA) is 66.7 Å². The van der Waals surface area contributed by atoms with E-state index in [2.05, 4.69) is 10.1 Å². The van der Waals surface area contributed by atoms with Crippen LogP contribution in [0, 0.1) is 11.3 Å². The van der Waals surface area contributed by atoms with Gasteiger partial charge in [0, 0.05) is 31.7 Å². The van der Waals surface area contributed by atoms with Gasteiger partial charge in [-0.25, -0.2) is 0 Å². The van der Waals surface area contributed by atoms with Crippen molar-refractivity contribution in [3.05, 3.63) is 17.0 Å². The Bertz CT molecular complexity index is 754. The van der Waals surface area contributed by atoms with Gasteiger partial charge in [-0.3, -0.25) is 9.59 Å². The first-order chi connectivity index (χ1) is 13.2. The van der Waals surface area contributed by atoms with E-state index in [0.717, 1.165) is 69.3 Å². The number of carbonyl (C=O) groups excluding carboxylic acids is 2. The monoisotopic (exact) mass is 371 g/mol. The average molecular weight is 371 g/mol. The molecule has 1 atom stereocenters. The zero-order valence-corrected chi connectivity index (χ0v) is 16.0. The first-order valence-electron chi connectivity index (χ1n) is 10.7. The second-order valence-electron chi connectivity index (χ2n) is 9.05. The second-order valence-corrected chi connectivity index (χ2v) is 9.05. The van der Waals surface area contributed by atoms with Crippen LogP contribution in [0.1, 0.15) is 73.2 Å². The number of fused-ring (bicyclic) bond motifs is 1. The Kier molecular flexibility index (Phi) is 4.25. The molecule has 27 heavy (non-hydrogen) atoms. The quantitative estimate of drug-likeness (QED) is 0.819. The highest BCUT2D eigenvalue weighted by Crippen LogP contribution is 2.42. The number of carbonyl (C=O) groups is 2. The summed E-state index contributed by atoms with van der Waals surface area (Å²) in [4.78, 5) is 30.3. The molecule has 1 aromatic rings. The van der Waals surface area contributed by atoms with Gasteiger partial charge in [-0.15, -0.1) is 0 Å². The molecule has 0 radical (unpaired) electrons. The Labute approximate surface area is 160 Å². The lowest BCUT2D eigenvalue weighted by atomic mass is 9.77. The van der Waals surface area contributed by atoms with Crippen molar-refractivity contribution in [2.24, 2.45) is 11.3 Å². The summed E-state index contributed by atoms with van der Waals surface area (Å²) in [7, 11) is 0. The third-order valence-corrected chi connectivity index (χ3v) is 7.32. The van der Waals surface area contributed by atoms with E-state index in [0.29, 0.717) is 24.8 Å². The van der Waals surface area contributed by atoms with E-state index in [9.17, 15) is 9.59 Å². The predicted octanol–water partition coefficient (Wildman–Crippen LogP) is 2.81. The summed E-state index contributed by atoms with van der Waals surface area (Å²) >= 11 is 0. The highest BCUT2D eigenvalue weighted by Gasteiger charge is 2.50. The molecule has 6 heteroatoms. The standard InChI is InChI=1S/C21H29N3O3/c25-19(18-16-7-1-2-8-17(16)22-27-18)24-12-10-21(14-24)9-4-11-23(20(21)26)13-15-5-3-6-15/h15H,1-14H2/t21-/m1/s1. The van der Waals surface area contributed by atoms with E-state index < -0.39 is 0 Å². The lowest BCUT2D eigenvalue weighted by Crippen LogP contribution is -2.52. The molecule has 6 nitrogen and oxygen atoms in total. The third-order valence-electron chi connectivity index (χ3n) is 7.32. The molecule has 3 heterocycles. The molecule has 1 aromatic heterocycles. The summed E-state index contributed by atoms with van der Waals surface area (Å²) in [6.45, 7) is 3.00. The Morgan fingerprint density at radius 3 is 2.78 bits per heavy atom. The van der Waals surface area contributed by atoms with Crippen molar-refractivity contribution >= 4 is 11.8 Å². The predicted molar refractivity (Wildman–Crippen MR) is 99.3 cm³/mol. The third kappa shape index (κ3) is 2.88. The van der Waals surface area contributed by atoms with Crippen molar-refractivity contribution < 1.29 is 14.1 Å². The molecule has 3 fully saturated rings. The normalized spacial score (nSPS) is 28.5. The van der Waals surface area contributed by atoms with Gasteiger partial charge in [0.25, 0.3) is 5.91 Å². The molecule has 5 rings (SSSR count). The van der Waals surface area contributed by atoms with Crippen LogP contribution in [0.4, 0.5) is 0 Å². The summed E-state index contributed by atoms with van der Waals surface area (Å²) in [6.07, 6.45) is 10.6. The minimum absolute atomic E-state index is 0.0635. The Hall–Kier alpha value is -1.85. The summed E-state index contributed by atoms with van der Waals surface area (Å²) in [5.74, 6) is 1.35. The molecular formula is C21H29N3O3. The fourth-order valence-corrected chi connectivity index (χ4v) is 5.44. The molecule has 4 aliphatic rings. The SMILES string of the molecule is O=C(c1onc2c1CCCC2)N1CC[C@]2(CCCN(CC3CCC3)C2=O)C1. The molecule has 0 bridgehead atoms. The van der Waals surface area contributed by atoms with Crippen LogP contribution < -0.4 is 0 Å². The van der Waals surface area contributed by atoms with Gasteiger partial charge in [0.05, 0.1) is 11.1 Å². The van der Waals surface area contributed by atoms with Crippen LogP contribution in [-0.2, 0) is 17.6 Å². The maximum absolute atomic E-state index is 13.3. The number of piperidine rings is 1. The van der Waals surface area contributed by atoms with E-state index in [-0.39, 0.29) is 17.2 Å². The van der Waals surface area contributed by atoms with Crippen LogP contribution in [0.25, 0.3) is 0 Å². The van der Waals surface area contributed by atoms with Crippen molar-refractivity contribution in [1.82, 2.24) is 15.0 Å². The lowest BCUT2D eigenvalue weighted by Gasteiger charge is -2.42. The number of aryl methyl sites for hydroxylation is 1. The van der Waals surface area contributed by atoms with Crippen molar-refractivity contribution in [3.8, 4) is 0 Å². The van der Waals surface area contributed by atoms with Gasteiger partial charge in [-0.2, -0.15) is 0 Å². The molecule has 2 amide bonds. The summed E-state index contributed by atoms with van der Waals surface area (Å²) in [6, 6.07) is 0. The number of nitrogens with zero attached hydrogens (tertiary/aromatic N) is 3. The highest BCUT2D eigenvalue weighted by atomic mass is 16.5. The van der Waals surface area contributed by atoms with E-state index in [4.69, 9.17) is 4.52 Å².